The number of rotatable bonds is 6. The Labute approximate surface area is 152 Å². The van der Waals surface area contributed by atoms with Gasteiger partial charge in [0.1, 0.15) is 0 Å². The summed E-state index contributed by atoms with van der Waals surface area (Å²) in [6.45, 7) is 3.86. The van der Waals surface area contributed by atoms with E-state index in [1.165, 1.54) is 0 Å². The fourth-order valence-corrected chi connectivity index (χ4v) is 2.50. The van der Waals surface area contributed by atoms with Crippen LogP contribution in [0.1, 0.15) is 31.2 Å². The van der Waals surface area contributed by atoms with Gasteiger partial charge in [-0.2, -0.15) is 15.0 Å². The van der Waals surface area contributed by atoms with Crippen LogP contribution < -0.4 is 10.6 Å². The minimum absolute atomic E-state index is 0.0643. The summed E-state index contributed by atoms with van der Waals surface area (Å²) < 4.78 is 5.43. The summed E-state index contributed by atoms with van der Waals surface area (Å²) in [6, 6.07) is 7.18. The third-order valence-electron chi connectivity index (χ3n) is 3.58. The average Bonchev–Trinajstić information content (AvgIpc) is 2.54. The summed E-state index contributed by atoms with van der Waals surface area (Å²) in [5, 5.41) is 0.622. The molecule has 0 saturated heterocycles. The molecule has 1 heterocycles. The molecule has 25 heavy (non-hydrogen) atoms. The lowest BCUT2D eigenvalue weighted by Gasteiger charge is -2.20. The topological polar surface area (TPSA) is 94.2 Å². The second kappa shape index (κ2) is 8.11. The van der Waals surface area contributed by atoms with Crippen molar-refractivity contribution in [3.63, 3.8) is 0 Å². The minimum Gasteiger partial charge on any atom is -0.457 e. The first-order valence-electron chi connectivity index (χ1n) is 7.87. The summed E-state index contributed by atoms with van der Waals surface area (Å²) >= 11 is 5.92. The molecule has 8 heteroatoms. The van der Waals surface area contributed by atoms with E-state index < -0.39 is 5.92 Å². The lowest BCUT2D eigenvalue weighted by atomic mass is 9.88. The van der Waals surface area contributed by atoms with E-state index in [1.807, 2.05) is 26.0 Å². The summed E-state index contributed by atoms with van der Waals surface area (Å²) in [7, 11) is 3.58. The van der Waals surface area contributed by atoms with Gasteiger partial charge in [-0.25, -0.2) is 0 Å². The molecule has 1 aromatic carbocycles. The highest BCUT2D eigenvalue weighted by molar-refractivity contribution is 6.30. The molecule has 2 aromatic rings. The van der Waals surface area contributed by atoms with E-state index in [0.29, 0.717) is 16.8 Å². The SMILES string of the molecule is CC(C)[C@@H](C(=O)OCc1nc(N)nc(N(C)C)n1)c1ccc(Cl)cc1. The molecule has 0 aliphatic rings. The number of aromatic nitrogens is 3. The Balaban J connectivity index is 2.13. The van der Waals surface area contributed by atoms with Crippen molar-refractivity contribution in [2.45, 2.75) is 26.4 Å². The van der Waals surface area contributed by atoms with Crippen LogP contribution >= 0.6 is 11.6 Å². The predicted molar refractivity (Wildman–Crippen MR) is 97.4 cm³/mol. The number of carbonyl (C=O) groups is 1. The van der Waals surface area contributed by atoms with Gasteiger partial charge in [-0.05, 0) is 23.6 Å². The van der Waals surface area contributed by atoms with Gasteiger partial charge in [0, 0.05) is 19.1 Å². The maximum Gasteiger partial charge on any atom is 0.314 e. The quantitative estimate of drug-likeness (QED) is 0.788. The highest BCUT2D eigenvalue weighted by Crippen LogP contribution is 2.27. The number of hydrogen-bond donors (Lipinski definition) is 1. The van der Waals surface area contributed by atoms with Crippen LogP contribution in [-0.4, -0.2) is 35.0 Å². The third kappa shape index (κ3) is 5.03. The zero-order chi connectivity index (χ0) is 18.6. The van der Waals surface area contributed by atoms with Crippen molar-refractivity contribution >= 4 is 29.5 Å². The van der Waals surface area contributed by atoms with Crippen LogP contribution in [0.15, 0.2) is 24.3 Å². The molecule has 7 nitrogen and oxygen atoms in total. The van der Waals surface area contributed by atoms with E-state index in [9.17, 15) is 4.79 Å². The number of nitrogen functional groups attached to an aromatic ring is 1. The van der Waals surface area contributed by atoms with Crippen molar-refractivity contribution in [3.8, 4) is 0 Å². The molecule has 0 fully saturated rings. The van der Waals surface area contributed by atoms with E-state index in [1.54, 1.807) is 31.1 Å². The summed E-state index contributed by atoms with van der Waals surface area (Å²) in [4.78, 5) is 26.5. The zero-order valence-electron chi connectivity index (χ0n) is 14.7. The Morgan fingerprint density at radius 2 is 1.84 bits per heavy atom. The molecule has 134 valence electrons. The Morgan fingerprint density at radius 3 is 2.40 bits per heavy atom. The van der Waals surface area contributed by atoms with E-state index in [2.05, 4.69) is 15.0 Å². The van der Waals surface area contributed by atoms with Gasteiger partial charge < -0.3 is 15.4 Å². The second-order valence-corrected chi connectivity index (χ2v) is 6.62. The van der Waals surface area contributed by atoms with Gasteiger partial charge in [0.15, 0.2) is 12.4 Å². The van der Waals surface area contributed by atoms with E-state index >= 15 is 0 Å². The van der Waals surface area contributed by atoms with Crippen LogP contribution in [0.2, 0.25) is 5.02 Å². The molecule has 2 rings (SSSR count). The molecular formula is C17H22ClN5O2. The first kappa shape index (κ1) is 18.9. The zero-order valence-corrected chi connectivity index (χ0v) is 15.5. The summed E-state index contributed by atoms with van der Waals surface area (Å²) in [5.41, 5.74) is 6.53. The minimum atomic E-state index is -0.398. The predicted octanol–water partition coefficient (Wildman–Crippen LogP) is 2.66. The van der Waals surface area contributed by atoms with Gasteiger partial charge >= 0.3 is 5.97 Å². The van der Waals surface area contributed by atoms with Crippen molar-refractivity contribution < 1.29 is 9.53 Å². The lowest BCUT2D eigenvalue weighted by molar-refractivity contribution is -0.148. The summed E-state index contributed by atoms with van der Waals surface area (Å²) in [6.07, 6.45) is 0. The van der Waals surface area contributed by atoms with Gasteiger partial charge in [0.2, 0.25) is 11.9 Å². The van der Waals surface area contributed by atoms with E-state index in [-0.39, 0.29) is 24.4 Å². The highest BCUT2D eigenvalue weighted by Gasteiger charge is 2.26. The molecule has 2 N–H and O–H groups in total. The van der Waals surface area contributed by atoms with Gasteiger partial charge in [0.25, 0.3) is 0 Å². The van der Waals surface area contributed by atoms with Crippen LogP contribution in [0, 0.1) is 5.92 Å². The Morgan fingerprint density at radius 1 is 1.20 bits per heavy atom. The molecule has 1 atom stereocenters. The van der Waals surface area contributed by atoms with Crippen molar-refractivity contribution in [2.24, 2.45) is 5.92 Å². The standard InChI is InChI=1S/C17H22ClN5O2/c1-10(2)14(11-5-7-12(18)8-6-11)15(24)25-9-13-20-16(19)22-17(21-13)23(3)4/h5-8,10,14H,9H2,1-4H3,(H2,19,20,21,22)/t14-/m1/s1. The number of hydrogen-bond acceptors (Lipinski definition) is 7. The molecule has 0 aliphatic carbocycles. The Kier molecular flexibility index (Phi) is 6.14. The molecule has 0 amide bonds. The van der Waals surface area contributed by atoms with Gasteiger partial charge in [-0.1, -0.05) is 37.6 Å². The van der Waals surface area contributed by atoms with Crippen LogP contribution in [0.3, 0.4) is 0 Å². The number of anilines is 2. The molecular weight excluding hydrogens is 342 g/mol. The van der Waals surface area contributed by atoms with Gasteiger partial charge in [-0.3, -0.25) is 4.79 Å². The maximum absolute atomic E-state index is 12.6. The molecule has 0 radical (unpaired) electrons. The highest BCUT2D eigenvalue weighted by atomic mass is 35.5. The number of carbonyl (C=O) groups excluding carboxylic acids is 1. The second-order valence-electron chi connectivity index (χ2n) is 6.19. The smallest absolute Gasteiger partial charge is 0.314 e. The third-order valence-corrected chi connectivity index (χ3v) is 3.83. The number of esters is 1. The molecule has 0 spiro atoms. The maximum atomic E-state index is 12.6. The van der Waals surface area contributed by atoms with Gasteiger partial charge in [-0.15, -0.1) is 0 Å². The first-order chi connectivity index (χ1) is 11.8. The lowest BCUT2D eigenvalue weighted by Crippen LogP contribution is -2.22. The van der Waals surface area contributed by atoms with Crippen LogP contribution in [0.4, 0.5) is 11.9 Å². The fraction of sp³-hybridized carbons (Fsp3) is 0.412. The van der Waals surface area contributed by atoms with Crippen molar-refractivity contribution in [2.75, 3.05) is 24.7 Å². The van der Waals surface area contributed by atoms with Crippen molar-refractivity contribution in [1.82, 2.24) is 15.0 Å². The van der Waals surface area contributed by atoms with Crippen molar-refractivity contribution in [3.05, 3.63) is 40.7 Å². The molecule has 0 unspecified atom stereocenters. The van der Waals surface area contributed by atoms with E-state index in [0.717, 1.165) is 5.56 Å². The molecule has 1 aromatic heterocycles. The number of nitrogens with two attached hydrogens (primary N) is 1. The Hall–Kier alpha value is -2.41. The largest absolute Gasteiger partial charge is 0.457 e. The van der Waals surface area contributed by atoms with Crippen LogP contribution in [0.5, 0.6) is 0 Å². The average molecular weight is 364 g/mol. The van der Waals surface area contributed by atoms with Crippen LogP contribution in [-0.2, 0) is 16.1 Å². The number of nitrogens with zero attached hydrogens (tertiary/aromatic N) is 4. The number of ether oxygens (including phenoxy) is 1. The van der Waals surface area contributed by atoms with E-state index in [4.69, 9.17) is 22.1 Å². The molecule has 0 bridgehead atoms. The Bertz CT molecular complexity index is 734. The van der Waals surface area contributed by atoms with Crippen LogP contribution in [0.25, 0.3) is 0 Å². The molecule has 0 saturated carbocycles. The normalized spacial score (nSPS) is 12.1. The number of halogens is 1. The fourth-order valence-electron chi connectivity index (χ4n) is 2.38. The van der Waals surface area contributed by atoms with Gasteiger partial charge in [0.05, 0.1) is 5.92 Å². The van der Waals surface area contributed by atoms with Crippen molar-refractivity contribution in [1.29, 1.82) is 0 Å². The molecule has 0 aliphatic heterocycles. The summed E-state index contributed by atoms with van der Waals surface area (Å²) in [5.74, 6) is 0.129. The first-order valence-corrected chi connectivity index (χ1v) is 8.25. The monoisotopic (exact) mass is 363 g/mol. The number of benzene rings is 1.